The van der Waals surface area contributed by atoms with Gasteiger partial charge in [0.15, 0.2) is 0 Å². The summed E-state index contributed by atoms with van der Waals surface area (Å²) >= 11 is 1.77. The molecule has 0 aliphatic carbocycles. The zero-order chi connectivity index (χ0) is 12.4. The van der Waals surface area contributed by atoms with Crippen LogP contribution in [0.1, 0.15) is 12.8 Å². The van der Waals surface area contributed by atoms with E-state index in [9.17, 15) is 4.39 Å². The van der Waals surface area contributed by atoms with E-state index in [-0.39, 0.29) is 5.82 Å². The lowest BCUT2D eigenvalue weighted by Crippen LogP contribution is -2.38. The third kappa shape index (κ3) is 2.64. The number of halogens is 1. The Labute approximate surface area is 112 Å². The number of hydrogen-bond donors (Lipinski definition) is 1. The van der Waals surface area contributed by atoms with Gasteiger partial charge in [-0.15, -0.1) is 11.8 Å². The van der Waals surface area contributed by atoms with Crippen molar-refractivity contribution in [3.63, 3.8) is 0 Å². The Morgan fingerprint density at radius 1 is 1.33 bits per heavy atom. The zero-order valence-corrected chi connectivity index (χ0v) is 11.3. The van der Waals surface area contributed by atoms with Gasteiger partial charge in [0.2, 0.25) is 0 Å². The van der Waals surface area contributed by atoms with Gasteiger partial charge in [0.1, 0.15) is 5.82 Å². The monoisotopic (exact) mass is 266 g/mol. The first-order chi connectivity index (χ1) is 8.83. The summed E-state index contributed by atoms with van der Waals surface area (Å²) in [7, 11) is 0. The van der Waals surface area contributed by atoms with Crippen molar-refractivity contribution >= 4 is 17.4 Å². The summed E-state index contributed by atoms with van der Waals surface area (Å²) in [4.78, 5) is 3.55. The molecule has 2 aliphatic rings. The van der Waals surface area contributed by atoms with Gasteiger partial charge < -0.3 is 10.2 Å². The van der Waals surface area contributed by atoms with Crippen molar-refractivity contribution in [1.82, 2.24) is 5.32 Å². The highest BCUT2D eigenvalue weighted by atomic mass is 32.2. The van der Waals surface area contributed by atoms with Crippen molar-refractivity contribution in [2.45, 2.75) is 17.7 Å². The van der Waals surface area contributed by atoms with E-state index in [4.69, 9.17) is 0 Å². The topological polar surface area (TPSA) is 15.3 Å². The van der Waals surface area contributed by atoms with E-state index in [0.29, 0.717) is 0 Å². The largest absolute Gasteiger partial charge is 0.370 e. The lowest BCUT2D eigenvalue weighted by Gasteiger charge is -2.35. The molecule has 2 nitrogen and oxygen atoms in total. The Morgan fingerprint density at radius 3 is 3.00 bits per heavy atom. The molecule has 1 saturated heterocycles. The zero-order valence-electron chi connectivity index (χ0n) is 10.5. The number of benzene rings is 1. The number of piperidine rings is 1. The molecule has 1 fully saturated rings. The smallest absolute Gasteiger partial charge is 0.124 e. The van der Waals surface area contributed by atoms with Crippen LogP contribution in [0.5, 0.6) is 0 Å². The van der Waals surface area contributed by atoms with E-state index >= 15 is 0 Å². The maximum atomic E-state index is 13.2. The number of hydrogen-bond acceptors (Lipinski definition) is 3. The molecule has 18 heavy (non-hydrogen) atoms. The predicted molar refractivity (Wildman–Crippen MR) is 74.9 cm³/mol. The number of fused-ring (bicyclic) bond motifs is 1. The second-order valence-corrected chi connectivity index (χ2v) is 6.24. The first kappa shape index (κ1) is 12.3. The number of nitrogens with one attached hydrogen (secondary N) is 1. The van der Waals surface area contributed by atoms with E-state index in [1.807, 2.05) is 6.07 Å². The first-order valence-corrected chi connectivity index (χ1v) is 7.69. The molecule has 1 aromatic carbocycles. The van der Waals surface area contributed by atoms with Gasteiger partial charge >= 0.3 is 0 Å². The minimum absolute atomic E-state index is 0.120. The van der Waals surface area contributed by atoms with Crippen LogP contribution in [0.2, 0.25) is 0 Å². The third-order valence-electron chi connectivity index (χ3n) is 3.82. The van der Waals surface area contributed by atoms with Crippen LogP contribution in [0.25, 0.3) is 0 Å². The van der Waals surface area contributed by atoms with E-state index in [0.717, 1.165) is 42.7 Å². The fourth-order valence-electron chi connectivity index (χ4n) is 2.82. The molecule has 0 atom stereocenters. The maximum absolute atomic E-state index is 13.2. The van der Waals surface area contributed by atoms with Gasteiger partial charge in [-0.05, 0) is 50.0 Å². The van der Waals surface area contributed by atoms with Crippen LogP contribution in [-0.4, -0.2) is 31.9 Å². The molecule has 1 N–H and O–H groups in total. The Balaban J connectivity index is 1.74. The summed E-state index contributed by atoms with van der Waals surface area (Å²) in [5.74, 6) is 1.73. The number of nitrogens with zero attached hydrogens (tertiary/aromatic N) is 1. The molecule has 0 radical (unpaired) electrons. The Kier molecular flexibility index (Phi) is 3.75. The van der Waals surface area contributed by atoms with Gasteiger partial charge in [-0.2, -0.15) is 0 Å². The van der Waals surface area contributed by atoms with Crippen LogP contribution >= 0.6 is 11.8 Å². The van der Waals surface area contributed by atoms with Crippen LogP contribution in [0, 0.1) is 11.7 Å². The fraction of sp³-hybridized carbons (Fsp3) is 0.571. The van der Waals surface area contributed by atoms with Gasteiger partial charge in [0, 0.05) is 23.7 Å². The molecule has 0 bridgehead atoms. The summed E-state index contributed by atoms with van der Waals surface area (Å²) in [5.41, 5.74) is 1.23. The molecule has 0 saturated carbocycles. The minimum atomic E-state index is -0.120. The van der Waals surface area contributed by atoms with Crippen LogP contribution in [-0.2, 0) is 0 Å². The Bertz CT molecular complexity index is 418. The van der Waals surface area contributed by atoms with E-state index in [2.05, 4.69) is 10.2 Å². The molecule has 0 spiro atoms. The van der Waals surface area contributed by atoms with Gasteiger partial charge in [-0.25, -0.2) is 4.39 Å². The molecule has 0 unspecified atom stereocenters. The number of thioether (sulfide) groups is 1. The SMILES string of the molecule is Fc1ccc2c(c1)SCCN2CC1CCNCC1. The molecule has 0 amide bonds. The molecule has 0 aromatic heterocycles. The second kappa shape index (κ2) is 5.49. The highest BCUT2D eigenvalue weighted by Crippen LogP contribution is 2.35. The quantitative estimate of drug-likeness (QED) is 0.886. The van der Waals surface area contributed by atoms with E-state index in [1.54, 1.807) is 23.9 Å². The van der Waals surface area contributed by atoms with Crippen molar-refractivity contribution < 1.29 is 4.39 Å². The van der Waals surface area contributed by atoms with Crippen molar-refractivity contribution in [3.05, 3.63) is 24.0 Å². The predicted octanol–water partition coefficient (Wildman–Crippen LogP) is 2.74. The summed E-state index contributed by atoms with van der Waals surface area (Å²) in [6.45, 7) is 4.50. The van der Waals surface area contributed by atoms with Gasteiger partial charge in [-0.1, -0.05) is 0 Å². The van der Waals surface area contributed by atoms with Crippen LogP contribution < -0.4 is 10.2 Å². The van der Waals surface area contributed by atoms with Crippen molar-refractivity contribution in [3.8, 4) is 0 Å². The Morgan fingerprint density at radius 2 is 2.17 bits per heavy atom. The standard InChI is InChI=1S/C14H19FN2S/c15-12-1-2-13-14(9-12)18-8-7-17(13)10-11-3-5-16-6-4-11/h1-2,9,11,16H,3-8,10H2. The molecular weight excluding hydrogens is 247 g/mol. The summed E-state index contributed by atoms with van der Waals surface area (Å²) < 4.78 is 13.2. The van der Waals surface area contributed by atoms with Gasteiger partial charge in [-0.3, -0.25) is 0 Å². The molecule has 3 rings (SSSR count). The van der Waals surface area contributed by atoms with Crippen molar-refractivity contribution in [2.75, 3.05) is 36.8 Å². The second-order valence-electron chi connectivity index (χ2n) is 5.10. The normalized spacial score (nSPS) is 20.8. The third-order valence-corrected chi connectivity index (χ3v) is 4.84. The van der Waals surface area contributed by atoms with Crippen molar-refractivity contribution in [1.29, 1.82) is 0 Å². The van der Waals surface area contributed by atoms with Gasteiger partial charge in [0.25, 0.3) is 0 Å². The summed E-state index contributed by atoms with van der Waals surface area (Å²) in [6, 6.07) is 5.20. The van der Waals surface area contributed by atoms with Crippen LogP contribution in [0.4, 0.5) is 10.1 Å². The minimum Gasteiger partial charge on any atom is -0.370 e. The van der Waals surface area contributed by atoms with E-state index < -0.39 is 0 Å². The Hall–Kier alpha value is -0.740. The first-order valence-electron chi connectivity index (χ1n) is 6.71. The van der Waals surface area contributed by atoms with Crippen molar-refractivity contribution in [2.24, 2.45) is 5.92 Å². The average molecular weight is 266 g/mol. The molecule has 2 aliphatic heterocycles. The lowest BCUT2D eigenvalue weighted by atomic mass is 9.97. The number of anilines is 1. The highest BCUT2D eigenvalue weighted by Gasteiger charge is 2.22. The lowest BCUT2D eigenvalue weighted by molar-refractivity contribution is 0.374. The molecule has 4 heteroatoms. The summed E-state index contributed by atoms with van der Waals surface area (Å²) in [6.07, 6.45) is 2.53. The van der Waals surface area contributed by atoms with Gasteiger partial charge in [0.05, 0.1) is 5.69 Å². The molecule has 2 heterocycles. The summed E-state index contributed by atoms with van der Waals surface area (Å²) in [5, 5.41) is 3.41. The van der Waals surface area contributed by atoms with Crippen LogP contribution in [0.3, 0.4) is 0 Å². The molecule has 1 aromatic rings. The van der Waals surface area contributed by atoms with E-state index in [1.165, 1.54) is 18.5 Å². The van der Waals surface area contributed by atoms with Crippen LogP contribution in [0.15, 0.2) is 23.1 Å². The highest BCUT2D eigenvalue weighted by molar-refractivity contribution is 7.99. The molecular formula is C14H19FN2S. The fourth-order valence-corrected chi connectivity index (χ4v) is 3.89. The number of rotatable bonds is 2. The average Bonchev–Trinajstić information content (AvgIpc) is 2.40. The molecule has 98 valence electrons. The maximum Gasteiger partial charge on any atom is 0.124 e.